The number of alkyl halides is 1. The molecule has 4 aliphatic rings. The number of nitrogens with zero attached hydrogens (tertiary/aromatic N) is 1. The van der Waals surface area contributed by atoms with E-state index in [1.807, 2.05) is 0 Å². The molecule has 0 unspecified atom stereocenters. The summed E-state index contributed by atoms with van der Waals surface area (Å²) in [4.78, 5) is 30.6. The molecular formula is C23H29BrFN3O3. The number of hydrogen-bond acceptors (Lipinski definition) is 5. The van der Waals surface area contributed by atoms with Crippen LogP contribution in [0.3, 0.4) is 0 Å². The summed E-state index contributed by atoms with van der Waals surface area (Å²) in [6, 6.07) is 3.57. The van der Waals surface area contributed by atoms with Crippen LogP contribution in [0, 0.1) is 29.1 Å². The molecule has 1 amide bonds. The van der Waals surface area contributed by atoms with Crippen molar-refractivity contribution in [3.63, 3.8) is 0 Å². The third-order valence-corrected chi connectivity index (χ3v) is 8.68. The lowest BCUT2D eigenvalue weighted by Gasteiger charge is -2.31. The van der Waals surface area contributed by atoms with Crippen molar-refractivity contribution in [1.29, 1.82) is 0 Å². The summed E-state index contributed by atoms with van der Waals surface area (Å²) in [6.07, 6.45) is 6.90. The fraction of sp³-hybridized carbons (Fsp3) is 0.696. The van der Waals surface area contributed by atoms with Gasteiger partial charge in [0, 0.05) is 6.42 Å². The van der Waals surface area contributed by atoms with Gasteiger partial charge in [-0.05, 0) is 96.9 Å². The van der Waals surface area contributed by atoms with E-state index in [-0.39, 0.29) is 48.1 Å². The fourth-order valence-corrected chi connectivity index (χ4v) is 6.79. The van der Waals surface area contributed by atoms with Crippen LogP contribution in [0.25, 0.3) is 0 Å². The maximum absolute atomic E-state index is 14.9. The molecule has 1 aliphatic heterocycles. The SMILES string of the molecule is O=C(OCCC1(F)CCNCC1)[C@H]1[C@H](C(=O)Nc2ccc(Br)nc2)[C@@H]2CC[C@H]1C21CC1. The molecule has 2 bridgehead atoms. The molecule has 4 fully saturated rings. The van der Waals surface area contributed by atoms with Gasteiger partial charge >= 0.3 is 5.97 Å². The number of halogens is 2. The zero-order valence-electron chi connectivity index (χ0n) is 17.5. The average molecular weight is 494 g/mol. The lowest BCUT2D eigenvalue weighted by atomic mass is 9.78. The molecule has 4 atom stereocenters. The fourth-order valence-electron chi connectivity index (χ4n) is 6.56. The molecule has 2 heterocycles. The molecule has 0 radical (unpaired) electrons. The molecule has 2 N–H and O–H groups in total. The minimum absolute atomic E-state index is 0.0845. The summed E-state index contributed by atoms with van der Waals surface area (Å²) in [5, 5.41) is 6.12. The van der Waals surface area contributed by atoms with Crippen molar-refractivity contribution in [2.75, 3.05) is 25.0 Å². The summed E-state index contributed by atoms with van der Waals surface area (Å²) < 4.78 is 21.2. The van der Waals surface area contributed by atoms with E-state index in [1.165, 1.54) is 0 Å². The van der Waals surface area contributed by atoms with Crippen LogP contribution in [-0.4, -0.2) is 42.2 Å². The van der Waals surface area contributed by atoms with Crippen molar-refractivity contribution in [2.24, 2.45) is 29.1 Å². The highest BCUT2D eigenvalue weighted by Gasteiger charge is 2.72. The number of carbonyl (C=O) groups excluding carboxylic acids is 2. The maximum Gasteiger partial charge on any atom is 0.310 e. The zero-order chi connectivity index (χ0) is 21.6. The van der Waals surface area contributed by atoms with Gasteiger partial charge in [-0.15, -0.1) is 0 Å². The summed E-state index contributed by atoms with van der Waals surface area (Å²) >= 11 is 3.30. The smallest absolute Gasteiger partial charge is 0.310 e. The number of rotatable bonds is 6. The van der Waals surface area contributed by atoms with E-state index < -0.39 is 11.6 Å². The second-order valence-electron chi connectivity index (χ2n) is 9.75. The first kappa shape index (κ1) is 21.3. The molecule has 5 rings (SSSR count). The van der Waals surface area contributed by atoms with E-state index in [4.69, 9.17) is 4.74 Å². The number of piperidine rings is 1. The minimum atomic E-state index is -1.26. The van der Waals surface area contributed by atoms with Crippen molar-refractivity contribution in [3.05, 3.63) is 22.9 Å². The van der Waals surface area contributed by atoms with Crippen LogP contribution in [0.2, 0.25) is 0 Å². The zero-order valence-corrected chi connectivity index (χ0v) is 19.1. The first-order valence-electron chi connectivity index (χ1n) is 11.4. The van der Waals surface area contributed by atoms with Crippen LogP contribution in [0.15, 0.2) is 22.9 Å². The van der Waals surface area contributed by atoms with Crippen LogP contribution in [-0.2, 0) is 14.3 Å². The molecule has 6 nitrogen and oxygen atoms in total. The maximum atomic E-state index is 14.9. The topological polar surface area (TPSA) is 80.3 Å². The van der Waals surface area contributed by atoms with Crippen molar-refractivity contribution in [1.82, 2.24) is 10.3 Å². The number of ether oxygens (including phenoxy) is 1. The normalized spacial score (nSPS) is 32.1. The largest absolute Gasteiger partial charge is 0.465 e. The highest BCUT2D eigenvalue weighted by atomic mass is 79.9. The number of aromatic nitrogens is 1. The molecule has 1 spiro atoms. The Kier molecular flexibility index (Phi) is 5.57. The number of amides is 1. The first-order valence-corrected chi connectivity index (χ1v) is 12.2. The van der Waals surface area contributed by atoms with Crippen LogP contribution in [0.4, 0.5) is 10.1 Å². The molecule has 3 saturated carbocycles. The predicted octanol–water partition coefficient (Wildman–Crippen LogP) is 3.86. The second kappa shape index (κ2) is 8.10. The van der Waals surface area contributed by atoms with E-state index in [0.717, 1.165) is 25.7 Å². The third-order valence-electron chi connectivity index (χ3n) is 8.21. The Labute approximate surface area is 190 Å². The van der Waals surface area contributed by atoms with Crippen molar-refractivity contribution in [2.45, 2.75) is 50.6 Å². The number of anilines is 1. The van der Waals surface area contributed by atoms with Gasteiger partial charge in [0.2, 0.25) is 5.91 Å². The number of esters is 1. The Balaban J connectivity index is 1.27. The molecule has 168 valence electrons. The van der Waals surface area contributed by atoms with Gasteiger partial charge in [0.25, 0.3) is 0 Å². The molecule has 31 heavy (non-hydrogen) atoms. The highest BCUT2D eigenvalue weighted by Crippen LogP contribution is 2.74. The van der Waals surface area contributed by atoms with Gasteiger partial charge in [0.15, 0.2) is 0 Å². The molecule has 8 heteroatoms. The van der Waals surface area contributed by atoms with Gasteiger partial charge in [-0.3, -0.25) is 9.59 Å². The van der Waals surface area contributed by atoms with E-state index in [2.05, 4.69) is 31.5 Å². The molecule has 1 aromatic rings. The van der Waals surface area contributed by atoms with Crippen LogP contribution >= 0.6 is 15.9 Å². The van der Waals surface area contributed by atoms with E-state index >= 15 is 0 Å². The Morgan fingerprint density at radius 3 is 2.52 bits per heavy atom. The summed E-state index contributed by atoms with van der Waals surface area (Å²) in [7, 11) is 0. The minimum Gasteiger partial charge on any atom is -0.465 e. The number of pyridine rings is 1. The van der Waals surface area contributed by atoms with Gasteiger partial charge in [-0.2, -0.15) is 0 Å². The van der Waals surface area contributed by atoms with Crippen LogP contribution in [0.5, 0.6) is 0 Å². The third kappa shape index (κ3) is 3.90. The summed E-state index contributed by atoms with van der Waals surface area (Å²) in [5.41, 5.74) is -0.498. The van der Waals surface area contributed by atoms with E-state index in [1.54, 1.807) is 18.3 Å². The lowest BCUT2D eigenvalue weighted by molar-refractivity contribution is -0.155. The van der Waals surface area contributed by atoms with Crippen molar-refractivity contribution >= 4 is 33.5 Å². The highest BCUT2D eigenvalue weighted by molar-refractivity contribution is 9.10. The predicted molar refractivity (Wildman–Crippen MR) is 117 cm³/mol. The molecular weight excluding hydrogens is 465 g/mol. The lowest BCUT2D eigenvalue weighted by Crippen LogP contribution is -2.41. The van der Waals surface area contributed by atoms with Gasteiger partial charge in [-0.1, -0.05) is 0 Å². The average Bonchev–Trinajstić information content (AvgIpc) is 3.42. The molecule has 1 saturated heterocycles. The molecule has 1 aromatic heterocycles. The van der Waals surface area contributed by atoms with E-state index in [9.17, 15) is 14.0 Å². The Morgan fingerprint density at radius 1 is 1.16 bits per heavy atom. The van der Waals surface area contributed by atoms with Gasteiger partial charge < -0.3 is 15.4 Å². The van der Waals surface area contributed by atoms with Crippen LogP contribution in [0.1, 0.15) is 44.9 Å². The summed E-state index contributed by atoms with van der Waals surface area (Å²) in [5.74, 6) is -0.795. The second-order valence-corrected chi connectivity index (χ2v) is 10.6. The molecule has 3 aliphatic carbocycles. The van der Waals surface area contributed by atoms with Crippen LogP contribution < -0.4 is 10.6 Å². The first-order chi connectivity index (χ1) is 14.9. The molecule has 0 aromatic carbocycles. The monoisotopic (exact) mass is 493 g/mol. The standard InChI is InChI=1S/C23H29BrFN3O3/c24-17-4-1-14(13-27-17)28-20(29)18-15-2-3-16(23(15)5-6-23)19(18)21(30)31-12-9-22(25)7-10-26-11-8-22/h1,4,13,15-16,18-19,26H,2-3,5-12H2,(H,28,29)/t15-,16+,18+,19+/m0/s1. The quantitative estimate of drug-likeness (QED) is 0.464. The number of hydrogen-bond donors (Lipinski definition) is 2. The Morgan fingerprint density at radius 2 is 1.87 bits per heavy atom. The van der Waals surface area contributed by atoms with E-state index in [0.29, 0.717) is 36.2 Å². The van der Waals surface area contributed by atoms with Gasteiger partial charge in [0.05, 0.1) is 30.3 Å². The Bertz CT molecular complexity index is 854. The van der Waals surface area contributed by atoms with Gasteiger partial charge in [-0.25, -0.2) is 9.37 Å². The van der Waals surface area contributed by atoms with Crippen molar-refractivity contribution < 1.29 is 18.7 Å². The summed E-state index contributed by atoms with van der Waals surface area (Å²) in [6.45, 7) is 1.40. The Hall–Kier alpha value is -1.54. The van der Waals surface area contributed by atoms with Crippen molar-refractivity contribution in [3.8, 4) is 0 Å². The number of nitrogens with one attached hydrogen (secondary N) is 2. The number of carbonyl (C=O) groups is 2. The van der Waals surface area contributed by atoms with Gasteiger partial charge in [0.1, 0.15) is 10.3 Å².